The number of hydrogen-bond donors (Lipinski definition) is 0. The first kappa shape index (κ1) is 17.7. The molecule has 7 aromatic rings. The largest absolute Gasteiger partial charge is 0.307 e. The number of para-hydroxylation sites is 1. The van der Waals surface area contributed by atoms with Gasteiger partial charge in [0, 0.05) is 37.3 Å². The molecular weight excluding hydrogens is 408 g/mol. The van der Waals surface area contributed by atoms with Gasteiger partial charge >= 0.3 is 0 Å². The number of fused-ring (bicyclic) bond motifs is 7. The second-order valence-corrected chi connectivity index (χ2v) is 9.08. The maximum atomic E-state index is 4.86. The van der Waals surface area contributed by atoms with E-state index < -0.39 is 0 Å². The van der Waals surface area contributed by atoms with Gasteiger partial charge in [0.1, 0.15) is 0 Å². The average molecular weight is 427 g/mol. The quantitative estimate of drug-likeness (QED) is 0.272. The summed E-state index contributed by atoms with van der Waals surface area (Å²) < 4.78 is 5.00. The molecule has 0 spiro atoms. The number of aromatic nitrogens is 2. The molecule has 0 fully saturated rings. The number of nitrogens with zero attached hydrogens (tertiary/aromatic N) is 2. The molecule has 3 heterocycles. The first-order chi connectivity index (χ1) is 15.9. The summed E-state index contributed by atoms with van der Waals surface area (Å²) in [5.74, 6) is 0. The van der Waals surface area contributed by atoms with Crippen molar-refractivity contribution in [1.82, 2.24) is 9.55 Å². The lowest BCUT2D eigenvalue weighted by molar-refractivity contribution is 1.18. The highest BCUT2D eigenvalue weighted by atomic mass is 32.1. The minimum Gasteiger partial charge on any atom is -0.307 e. The van der Waals surface area contributed by atoms with Crippen LogP contribution in [0.3, 0.4) is 0 Å². The zero-order valence-corrected chi connectivity index (χ0v) is 18.0. The van der Waals surface area contributed by atoms with Crippen LogP contribution < -0.4 is 0 Å². The summed E-state index contributed by atoms with van der Waals surface area (Å²) in [6.45, 7) is 0. The van der Waals surface area contributed by atoms with Crippen LogP contribution in [0.25, 0.3) is 58.9 Å². The third-order valence-corrected chi connectivity index (χ3v) is 7.46. The van der Waals surface area contributed by atoms with Gasteiger partial charge < -0.3 is 4.57 Å². The molecule has 0 saturated carbocycles. The van der Waals surface area contributed by atoms with E-state index in [0.717, 1.165) is 11.0 Å². The summed E-state index contributed by atoms with van der Waals surface area (Å²) in [4.78, 5) is 4.86. The molecule has 4 aromatic carbocycles. The summed E-state index contributed by atoms with van der Waals surface area (Å²) in [6.07, 6.45) is 1.90. The van der Waals surface area contributed by atoms with Crippen LogP contribution >= 0.6 is 11.3 Å². The van der Waals surface area contributed by atoms with Crippen molar-refractivity contribution >= 4 is 53.4 Å². The van der Waals surface area contributed by atoms with Crippen LogP contribution in [-0.2, 0) is 0 Å². The van der Waals surface area contributed by atoms with Gasteiger partial charge in [0.05, 0.1) is 22.2 Å². The van der Waals surface area contributed by atoms with Gasteiger partial charge in [-0.05, 0) is 35.9 Å². The highest BCUT2D eigenvalue weighted by molar-refractivity contribution is 7.26. The van der Waals surface area contributed by atoms with Crippen molar-refractivity contribution in [3.05, 3.63) is 109 Å². The summed E-state index contributed by atoms with van der Waals surface area (Å²) in [5.41, 5.74) is 6.99. The van der Waals surface area contributed by atoms with Crippen LogP contribution in [0.5, 0.6) is 0 Å². The van der Waals surface area contributed by atoms with E-state index in [1.165, 1.54) is 47.9 Å². The van der Waals surface area contributed by atoms with Crippen LogP contribution in [0.4, 0.5) is 0 Å². The normalized spacial score (nSPS) is 11.8. The van der Waals surface area contributed by atoms with Crippen LogP contribution in [0.15, 0.2) is 109 Å². The van der Waals surface area contributed by atoms with E-state index in [-0.39, 0.29) is 0 Å². The Balaban J connectivity index is 1.66. The van der Waals surface area contributed by atoms with Crippen molar-refractivity contribution in [2.24, 2.45) is 0 Å². The lowest BCUT2D eigenvalue weighted by Gasteiger charge is -2.13. The van der Waals surface area contributed by atoms with Gasteiger partial charge in [-0.15, -0.1) is 11.3 Å². The Bertz CT molecular complexity index is 1770. The van der Waals surface area contributed by atoms with Gasteiger partial charge in [-0.3, -0.25) is 4.98 Å². The SMILES string of the molecule is c1ccc(-c2ccccc2-n2c3cccnc3c3c4sc5ccccc5c4ccc32)cc1. The van der Waals surface area contributed by atoms with Gasteiger partial charge in [-0.25, -0.2) is 0 Å². The van der Waals surface area contributed by atoms with Gasteiger partial charge in [0.25, 0.3) is 0 Å². The van der Waals surface area contributed by atoms with Gasteiger partial charge in [-0.2, -0.15) is 0 Å². The van der Waals surface area contributed by atoms with Crippen molar-refractivity contribution in [3.8, 4) is 16.8 Å². The Kier molecular flexibility index (Phi) is 3.75. The first-order valence-electron chi connectivity index (χ1n) is 10.7. The maximum absolute atomic E-state index is 4.86. The summed E-state index contributed by atoms with van der Waals surface area (Å²) in [6, 6.07) is 36.7. The number of rotatable bonds is 2. The molecule has 3 aromatic heterocycles. The molecule has 0 radical (unpaired) electrons. The number of benzene rings is 4. The van der Waals surface area contributed by atoms with Gasteiger partial charge in [0.15, 0.2) is 0 Å². The zero-order chi connectivity index (χ0) is 21.1. The standard InChI is InChI=1S/C29H18N2S/c1-2-9-19(10-3-1)20-11-4-6-13-23(20)31-24-17-16-22-21-12-5-7-15-26(21)32-29(22)27(24)28-25(31)14-8-18-30-28/h1-18H. The molecule has 0 atom stereocenters. The second kappa shape index (κ2) is 6.78. The van der Waals surface area contributed by atoms with Crippen molar-refractivity contribution in [3.63, 3.8) is 0 Å². The fourth-order valence-electron chi connectivity index (χ4n) is 4.88. The molecule has 0 aliphatic carbocycles. The maximum Gasteiger partial charge on any atom is 0.0977 e. The Labute approximate surface area is 189 Å². The molecule has 7 rings (SSSR count). The Morgan fingerprint density at radius 2 is 1.44 bits per heavy atom. The zero-order valence-electron chi connectivity index (χ0n) is 17.2. The Morgan fingerprint density at radius 3 is 2.38 bits per heavy atom. The van der Waals surface area contributed by atoms with Gasteiger partial charge in [-0.1, -0.05) is 72.8 Å². The van der Waals surface area contributed by atoms with Gasteiger partial charge in [0.2, 0.25) is 0 Å². The molecule has 0 amide bonds. The average Bonchev–Trinajstić information content (AvgIpc) is 3.40. The van der Waals surface area contributed by atoms with Crippen LogP contribution in [0.2, 0.25) is 0 Å². The number of hydrogen-bond acceptors (Lipinski definition) is 2. The predicted molar refractivity (Wildman–Crippen MR) is 137 cm³/mol. The topological polar surface area (TPSA) is 17.8 Å². The lowest BCUT2D eigenvalue weighted by atomic mass is 10.0. The molecule has 0 bridgehead atoms. The monoisotopic (exact) mass is 426 g/mol. The molecule has 150 valence electrons. The number of pyridine rings is 1. The number of thiophene rings is 1. The molecule has 32 heavy (non-hydrogen) atoms. The molecule has 0 aliphatic heterocycles. The molecule has 0 unspecified atom stereocenters. The van der Waals surface area contributed by atoms with Crippen molar-refractivity contribution in [2.75, 3.05) is 0 Å². The molecule has 2 nitrogen and oxygen atoms in total. The third kappa shape index (κ3) is 2.43. The van der Waals surface area contributed by atoms with E-state index in [0.29, 0.717) is 0 Å². The molecular formula is C29H18N2S. The fourth-order valence-corrected chi connectivity index (χ4v) is 6.13. The summed E-state index contributed by atoms with van der Waals surface area (Å²) >= 11 is 1.86. The van der Waals surface area contributed by atoms with E-state index >= 15 is 0 Å². The fraction of sp³-hybridized carbons (Fsp3) is 0. The van der Waals surface area contributed by atoms with Crippen LogP contribution in [0.1, 0.15) is 0 Å². The van der Waals surface area contributed by atoms with Crippen LogP contribution in [0, 0.1) is 0 Å². The summed E-state index contributed by atoms with van der Waals surface area (Å²) in [5, 5.41) is 3.86. The van der Waals surface area contributed by atoms with E-state index in [1.807, 2.05) is 23.6 Å². The Hall–Kier alpha value is -3.95. The van der Waals surface area contributed by atoms with E-state index in [1.54, 1.807) is 0 Å². The highest BCUT2D eigenvalue weighted by Crippen LogP contribution is 2.43. The molecule has 0 N–H and O–H groups in total. The van der Waals surface area contributed by atoms with E-state index in [4.69, 9.17) is 4.98 Å². The third-order valence-electron chi connectivity index (χ3n) is 6.26. The van der Waals surface area contributed by atoms with Crippen molar-refractivity contribution < 1.29 is 0 Å². The predicted octanol–water partition coefficient (Wildman–Crippen LogP) is 8.21. The van der Waals surface area contributed by atoms with Crippen molar-refractivity contribution in [2.45, 2.75) is 0 Å². The molecule has 0 saturated heterocycles. The second-order valence-electron chi connectivity index (χ2n) is 8.02. The van der Waals surface area contributed by atoms with E-state index in [2.05, 4.69) is 102 Å². The summed E-state index contributed by atoms with van der Waals surface area (Å²) in [7, 11) is 0. The first-order valence-corrected chi connectivity index (χ1v) is 11.6. The highest BCUT2D eigenvalue weighted by Gasteiger charge is 2.19. The smallest absolute Gasteiger partial charge is 0.0977 e. The Morgan fingerprint density at radius 1 is 0.625 bits per heavy atom. The minimum absolute atomic E-state index is 1.06. The molecule has 3 heteroatoms. The van der Waals surface area contributed by atoms with Crippen molar-refractivity contribution in [1.29, 1.82) is 0 Å². The lowest BCUT2D eigenvalue weighted by Crippen LogP contribution is -1.97. The molecule has 0 aliphatic rings. The minimum atomic E-state index is 1.06. The van der Waals surface area contributed by atoms with Crippen LogP contribution in [-0.4, -0.2) is 9.55 Å². The van der Waals surface area contributed by atoms with E-state index in [9.17, 15) is 0 Å².